The molecule has 0 radical (unpaired) electrons. The van der Waals surface area contributed by atoms with E-state index in [0.29, 0.717) is 5.69 Å². The molecule has 1 unspecified atom stereocenters. The first kappa shape index (κ1) is 33.5. The van der Waals surface area contributed by atoms with Crippen molar-refractivity contribution in [2.24, 2.45) is 0 Å². The highest BCUT2D eigenvalue weighted by molar-refractivity contribution is 7.92. The number of hydrogen-bond acceptors (Lipinski definition) is 4. The molecule has 1 N–H and O–H groups in total. The zero-order valence-corrected chi connectivity index (χ0v) is 27.5. The third-order valence-corrected chi connectivity index (χ3v) is 9.55. The van der Waals surface area contributed by atoms with E-state index in [2.05, 4.69) is 19.2 Å². The highest BCUT2D eigenvalue weighted by atomic mass is 32.2. The summed E-state index contributed by atoms with van der Waals surface area (Å²) in [5.41, 5.74) is 4.16. The smallest absolute Gasteiger partial charge is 0.264 e. The van der Waals surface area contributed by atoms with Crippen LogP contribution in [0.3, 0.4) is 0 Å². The number of benzene rings is 4. The van der Waals surface area contributed by atoms with Gasteiger partial charge in [-0.3, -0.25) is 13.9 Å². The molecule has 0 fully saturated rings. The van der Waals surface area contributed by atoms with Crippen LogP contribution in [0.4, 0.5) is 5.69 Å². The zero-order chi connectivity index (χ0) is 32.6. The second-order valence-corrected chi connectivity index (χ2v) is 13.8. The molecule has 0 aliphatic carbocycles. The molecule has 2 amide bonds. The van der Waals surface area contributed by atoms with E-state index in [9.17, 15) is 18.0 Å². The largest absolute Gasteiger partial charge is 0.352 e. The number of nitrogens with zero attached hydrogens (tertiary/aromatic N) is 2. The molecule has 0 bridgehead atoms. The molecule has 0 saturated carbocycles. The van der Waals surface area contributed by atoms with E-state index in [4.69, 9.17) is 0 Å². The van der Waals surface area contributed by atoms with Crippen molar-refractivity contribution in [3.05, 3.63) is 131 Å². The first-order valence-corrected chi connectivity index (χ1v) is 16.8. The Hall–Kier alpha value is -4.43. The van der Waals surface area contributed by atoms with Crippen LogP contribution >= 0.6 is 0 Å². The number of nitrogens with one attached hydrogen (secondary N) is 1. The molecule has 0 aliphatic rings. The summed E-state index contributed by atoms with van der Waals surface area (Å²) in [5.74, 6) is -0.525. The molecular formula is C37H43N3O4S. The maximum atomic E-state index is 14.6. The van der Waals surface area contributed by atoms with Crippen molar-refractivity contribution < 1.29 is 18.0 Å². The standard InChI is InChI=1S/C37H43N3O4S/c1-27(2)31-20-22-33(23-21-31)40(45(43,44)34-18-10-7-11-19-34)26-36(41)39(25-32-17-13-12-14-29(32)5)35(37(42)38-28(3)4)24-30-15-8-6-9-16-30/h6-23,27-28,35H,24-26H2,1-5H3,(H,38,42). The first-order chi connectivity index (χ1) is 21.5. The van der Waals surface area contributed by atoms with Gasteiger partial charge in [0.05, 0.1) is 10.6 Å². The Labute approximate surface area is 268 Å². The monoisotopic (exact) mass is 625 g/mol. The van der Waals surface area contributed by atoms with Crippen molar-refractivity contribution in [2.75, 3.05) is 10.8 Å². The number of amides is 2. The summed E-state index contributed by atoms with van der Waals surface area (Å²) in [5, 5.41) is 2.99. The summed E-state index contributed by atoms with van der Waals surface area (Å²) in [6.07, 6.45) is 0.269. The van der Waals surface area contributed by atoms with Crippen LogP contribution in [0.15, 0.2) is 114 Å². The number of rotatable bonds is 13. The lowest BCUT2D eigenvalue weighted by Crippen LogP contribution is -2.54. The number of anilines is 1. The summed E-state index contributed by atoms with van der Waals surface area (Å²) in [6.45, 7) is 9.50. The van der Waals surface area contributed by atoms with Crippen LogP contribution in [0.2, 0.25) is 0 Å². The molecule has 7 nitrogen and oxygen atoms in total. The van der Waals surface area contributed by atoms with Gasteiger partial charge in [-0.15, -0.1) is 0 Å². The van der Waals surface area contributed by atoms with E-state index < -0.39 is 28.5 Å². The van der Waals surface area contributed by atoms with Gasteiger partial charge in [-0.2, -0.15) is 0 Å². The Balaban J connectivity index is 1.81. The van der Waals surface area contributed by atoms with Gasteiger partial charge in [0.2, 0.25) is 11.8 Å². The van der Waals surface area contributed by atoms with E-state index in [1.54, 1.807) is 30.3 Å². The van der Waals surface area contributed by atoms with E-state index in [1.165, 1.54) is 17.0 Å². The van der Waals surface area contributed by atoms with E-state index >= 15 is 0 Å². The molecule has 236 valence electrons. The zero-order valence-electron chi connectivity index (χ0n) is 26.7. The first-order valence-electron chi connectivity index (χ1n) is 15.3. The van der Waals surface area contributed by atoms with Gasteiger partial charge in [0.25, 0.3) is 10.0 Å². The van der Waals surface area contributed by atoms with Gasteiger partial charge < -0.3 is 10.2 Å². The predicted molar refractivity (Wildman–Crippen MR) is 180 cm³/mol. The highest BCUT2D eigenvalue weighted by Crippen LogP contribution is 2.27. The topological polar surface area (TPSA) is 86.8 Å². The highest BCUT2D eigenvalue weighted by Gasteiger charge is 2.35. The van der Waals surface area contributed by atoms with Gasteiger partial charge in [0, 0.05) is 19.0 Å². The minimum Gasteiger partial charge on any atom is -0.352 e. The van der Waals surface area contributed by atoms with Crippen molar-refractivity contribution in [3.63, 3.8) is 0 Å². The fraction of sp³-hybridized carbons (Fsp3) is 0.297. The normalized spacial score (nSPS) is 12.2. The number of hydrogen-bond donors (Lipinski definition) is 1. The van der Waals surface area contributed by atoms with E-state index in [-0.39, 0.29) is 35.7 Å². The maximum absolute atomic E-state index is 14.6. The molecule has 4 aromatic carbocycles. The van der Waals surface area contributed by atoms with Crippen molar-refractivity contribution in [1.82, 2.24) is 10.2 Å². The maximum Gasteiger partial charge on any atom is 0.264 e. The van der Waals surface area contributed by atoms with Crippen LogP contribution in [0.25, 0.3) is 0 Å². The van der Waals surface area contributed by atoms with Crippen LogP contribution in [0, 0.1) is 6.92 Å². The Kier molecular flexibility index (Phi) is 11.2. The number of aryl methyl sites for hydroxylation is 1. The molecule has 1 atom stereocenters. The van der Waals surface area contributed by atoms with Crippen molar-refractivity contribution in [1.29, 1.82) is 0 Å². The van der Waals surface area contributed by atoms with Crippen LogP contribution in [0.1, 0.15) is 55.9 Å². The lowest BCUT2D eigenvalue weighted by atomic mass is 10.0. The van der Waals surface area contributed by atoms with E-state index in [1.807, 2.05) is 87.5 Å². The Morgan fingerprint density at radius 1 is 0.756 bits per heavy atom. The molecule has 4 aromatic rings. The van der Waals surface area contributed by atoms with Gasteiger partial charge in [-0.25, -0.2) is 8.42 Å². The molecular weight excluding hydrogens is 582 g/mol. The quantitative estimate of drug-likeness (QED) is 0.184. The van der Waals surface area contributed by atoms with Gasteiger partial charge in [-0.05, 0) is 73.2 Å². The molecule has 4 rings (SSSR count). The molecule has 0 aliphatic heterocycles. The predicted octanol–water partition coefficient (Wildman–Crippen LogP) is 6.48. The van der Waals surface area contributed by atoms with Gasteiger partial charge >= 0.3 is 0 Å². The average Bonchev–Trinajstić information content (AvgIpc) is 3.02. The molecule has 0 heterocycles. The Morgan fingerprint density at radius 2 is 1.33 bits per heavy atom. The second-order valence-electron chi connectivity index (χ2n) is 11.9. The van der Waals surface area contributed by atoms with Gasteiger partial charge in [0.15, 0.2) is 0 Å². The Bertz CT molecular complexity index is 1670. The molecule has 0 spiro atoms. The number of carbonyl (C=O) groups excluding carboxylic acids is 2. The van der Waals surface area contributed by atoms with Crippen LogP contribution < -0.4 is 9.62 Å². The average molecular weight is 626 g/mol. The summed E-state index contributed by atoms with van der Waals surface area (Å²) in [7, 11) is -4.14. The molecule has 0 saturated heterocycles. The van der Waals surface area contributed by atoms with Crippen LogP contribution in [-0.4, -0.2) is 43.8 Å². The van der Waals surface area contributed by atoms with Crippen molar-refractivity contribution in [3.8, 4) is 0 Å². The Morgan fingerprint density at radius 3 is 1.91 bits per heavy atom. The summed E-state index contributed by atoms with van der Waals surface area (Å²) in [6, 6.07) is 31.6. The lowest BCUT2D eigenvalue weighted by molar-refractivity contribution is -0.140. The second kappa shape index (κ2) is 15.0. The SMILES string of the molecule is Cc1ccccc1CN(C(=O)CN(c1ccc(C(C)C)cc1)S(=O)(=O)c1ccccc1)C(Cc1ccccc1)C(=O)NC(C)C. The third-order valence-electron chi connectivity index (χ3n) is 7.76. The molecule has 8 heteroatoms. The van der Waals surface area contributed by atoms with Gasteiger partial charge in [-0.1, -0.05) is 98.8 Å². The van der Waals surface area contributed by atoms with E-state index in [0.717, 1.165) is 26.6 Å². The third kappa shape index (κ3) is 8.60. The number of carbonyl (C=O) groups is 2. The lowest BCUT2D eigenvalue weighted by Gasteiger charge is -2.34. The fourth-order valence-corrected chi connectivity index (χ4v) is 6.61. The van der Waals surface area contributed by atoms with Crippen LogP contribution in [0.5, 0.6) is 0 Å². The minimum absolute atomic E-state index is 0.0783. The summed E-state index contributed by atoms with van der Waals surface area (Å²) in [4.78, 5) is 30.0. The summed E-state index contributed by atoms with van der Waals surface area (Å²) >= 11 is 0. The van der Waals surface area contributed by atoms with Crippen molar-refractivity contribution >= 4 is 27.5 Å². The minimum atomic E-state index is -4.14. The summed E-state index contributed by atoms with van der Waals surface area (Å²) < 4.78 is 29.4. The van der Waals surface area contributed by atoms with Crippen molar-refractivity contribution in [2.45, 2.75) is 70.5 Å². The van der Waals surface area contributed by atoms with Crippen LogP contribution in [-0.2, 0) is 32.6 Å². The van der Waals surface area contributed by atoms with Gasteiger partial charge in [0.1, 0.15) is 12.6 Å². The molecule has 0 aromatic heterocycles. The number of sulfonamides is 1. The fourth-order valence-electron chi connectivity index (χ4n) is 5.18. The molecule has 45 heavy (non-hydrogen) atoms.